The van der Waals surface area contributed by atoms with Crippen LogP contribution in [-0.4, -0.2) is 13.6 Å². The highest BCUT2D eigenvalue weighted by Gasteiger charge is 2.07. The Balaban J connectivity index is 3.46. The summed E-state index contributed by atoms with van der Waals surface area (Å²) in [4.78, 5) is 0. The van der Waals surface area contributed by atoms with Gasteiger partial charge >= 0.3 is 0 Å². The van der Waals surface area contributed by atoms with Crippen molar-refractivity contribution in [2.45, 2.75) is 52.9 Å². The molecule has 0 saturated carbocycles. The molecular weight excluding hydrogens is 158 g/mol. The number of hydrogen-bond donors (Lipinski definition) is 1. The van der Waals surface area contributed by atoms with Gasteiger partial charge in [-0.25, -0.2) is 0 Å². The molecule has 0 aliphatic carbocycles. The van der Waals surface area contributed by atoms with Crippen molar-refractivity contribution in [3.8, 4) is 0 Å². The first kappa shape index (κ1) is 13.0. The van der Waals surface area contributed by atoms with E-state index in [0.717, 1.165) is 11.8 Å². The van der Waals surface area contributed by atoms with Crippen LogP contribution in [0.25, 0.3) is 0 Å². The fraction of sp³-hybridized carbons (Fsp3) is 1.00. The Morgan fingerprint density at radius 2 is 1.77 bits per heavy atom. The van der Waals surface area contributed by atoms with Crippen LogP contribution in [0.2, 0.25) is 0 Å². The summed E-state index contributed by atoms with van der Waals surface area (Å²) in [7, 11) is 2.04. The van der Waals surface area contributed by atoms with Crippen LogP contribution in [0.15, 0.2) is 0 Å². The minimum atomic E-state index is 0.843. The molecule has 13 heavy (non-hydrogen) atoms. The average molecular weight is 185 g/mol. The van der Waals surface area contributed by atoms with Gasteiger partial charge in [0.1, 0.15) is 0 Å². The molecule has 1 heteroatoms. The highest BCUT2D eigenvalue weighted by Crippen LogP contribution is 2.19. The van der Waals surface area contributed by atoms with Gasteiger partial charge in [0.25, 0.3) is 0 Å². The summed E-state index contributed by atoms with van der Waals surface area (Å²) in [5.41, 5.74) is 0. The van der Waals surface area contributed by atoms with Crippen molar-refractivity contribution < 1.29 is 0 Å². The lowest BCUT2D eigenvalue weighted by molar-refractivity contribution is 0.372. The maximum atomic E-state index is 3.24. The second kappa shape index (κ2) is 8.55. The average Bonchev–Trinajstić information content (AvgIpc) is 2.12. The van der Waals surface area contributed by atoms with E-state index in [4.69, 9.17) is 0 Å². The van der Waals surface area contributed by atoms with Crippen LogP contribution in [0.5, 0.6) is 0 Å². The maximum Gasteiger partial charge on any atom is -0.00262 e. The SMILES string of the molecule is CCCC(CC)CCC(C)CNC. The van der Waals surface area contributed by atoms with E-state index < -0.39 is 0 Å². The molecule has 0 heterocycles. The van der Waals surface area contributed by atoms with Gasteiger partial charge in [-0.2, -0.15) is 0 Å². The Labute approximate surface area is 84.3 Å². The molecule has 2 atom stereocenters. The Kier molecular flexibility index (Phi) is 8.53. The van der Waals surface area contributed by atoms with E-state index in [0.29, 0.717) is 0 Å². The van der Waals surface area contributed by atoms with Crippen LogP contribution in [0.3, 0.4) is 0 Å². The highest BCUT2D eigenvalue weighted by molar-refractivity contribution is 4.61. The zero-order valence-electron chi connectivity index (χ0n) is 9.90. The number of nitrogens with one attached hydrogen (secondary N) is 1. The van der Waals surface area contributed by atoms with Gasteiger partial charge in [-0.1, -0.05) is 46.5 Å². The molecule has 0 bridgehead atoms. The number of hydrogen-bond acceptors (Lipinski definition) is 1. The highest BCUT2D eigenvalue weighted by atomic mass is 14.8. The van der Waals surface area contributed by atoms with E-state index in [2.05, 4.69) is 26.1 Å². The molecule has 0 aromatic rings. The monoisotopic (exact) mass is 185 g/mol. The minimum absolute atomic E-state index is 0.843. The van der Waals surface area contributed by atoms with Gasteiger partial charge in [0.05, 0.1) is 0 Å². The smallest absolute Gasteiger partial charge is 0.00262 e. The zero-order valence-corrected chi connectivity index (χ0v) is 9.90. The van der Waals surface area contributed by atoms with Gasteiger partial charge in [-0.05, 0) is 31.8 Å². The second-order valence-corrected chi connectivity index (χ2v) is 4.30. The van der Waals surface area contributed by atoms with Crippen molar-refractivity contribution in [3.63, 3.8) is 0 Å². The molecule has 80 valence electrons. The third-order valence-corrected chi connectivity index (χ3v) is 2.89. The first-order valence-electron chi connectivity index (χ1n) is 5.89. The van der Waals surface area contributed by atoms with E-state index in [1.54, 1.807) is 0 Å². The van der Waals surface area contributed by atoms with Crippen molar-refractivity contribution >= 4 is 0 Å². The second-order valence-electron chi connectivity index (χ2n) is 4.30. The van der Waals surface area contributed by atoms with Gasteiger partial charge in [-0.15, -0.1) is 0 Å². The lowest BCUT2D eigenvalue weighted by atomic mass is 9.91. The minimum Gasteiger partial charge on any atom is -0.319 e. The van der Waals surface area contributed by atoms with Gasteiger partial charge in [0, 0.05) is 0 Å². The lowest BCUT2D eigenvalue weighted by Crippen LogP contribution is -2.17. The number of rotatable bonds is 8. The molecule has 0 aromatic heterocycles. The lowest BCUT2D eigenvalue weighted by Gasteiger charge is -2.16. The van der Waals surface area contributed by atoms with Gasteiger partial charge in [-0.3, -0.25) is 0 Å². The summed E-state index contributed by atoms with van der Waals surface area (Å²) in [6, 6.07) is 0. The van der Waals surface area contributed by atoms with Crippen LogP contribution in [-0.2, 0) is 0 Å². The van der Waals surface area contributed by atoms with Crippen LogP contribution >= 0.6 is 0 Å². The Hall–Kier alpha value is -0.0400. The van der Waals surface area contributed by atoms with Crippen LogP contribution < -0.4 is 5.32 Å². The third kappa shape index (κ3) is 7.06. The van der Waals surface area contributed by atoms with Crippen molar-refractivity contribution in [2.24, 2.45) is 11.8 Å². The third-order valence-electron chi connectivity index (χ3n) is 2.89. The van der Waals surface area contributed by atoms with E-state index in [-0.39, 0.29) is 0 Å². The molecule has 0 spiro atoms. The van der Waals surface area contributed by atoms with Crippen LogP contribution in [0, 0.1) is 11.8 Å². The zero-order chi connectivity index (χ0) is 10.1. The maximum absolute atomic E-state index is 3.24. The summed E-state index contributed by atoms with van der Waals surface area (Å²) < 4.78 is 0. The van der Waals surface area contributed by atoms with Crippen molar-refractivity contribution in [1.82, 2.24) is 5.32 Å². The molecule has 0 radical (unpaired) electrons. The van der Waals surface area contributed by atoms with Crippen LogP contribution in [0.4, 0.5) is 0 Å². The summed E-state index contributed by atoms with van der Waals surface area (Å²) in [6.45, 7) is 8.13. The van der Waals surface area contributed by atoms with E-state index in [1.807, 2.05) is 7.05 Å². The quantitative estimate of drug-likeness (QED) is 0.611. The molecule has 1 N–H and O–H groups in total. The predicted octanol–water partition coefficient (Wildman–Crippen LogP) is 3.45. The predicted molar refractivity (Wildman–Crippen MR) is 61.0 cm³/mol. The summed E-state index contributed by atoms with van der Waals surface area (Å²) in [6.07, 6.45) is 6.94. The molecule has 0 amide bonds. The molecular formula is C12H27N. The summed E-state index contributed by atoms with van der Waals surface area (Å²) >= 11 is 0. The van der Waals surface area contributed by atoms with Crippen molar-refractivity contribution in [3.05, 3.63) is 0 Å². The normalized spacial score (nSPS) is 15.7. The van der Waals surface area contributed by atoms with E-state index in [1.165, 1.54) is 38.6 Å². The fourth-order valence-corrected chi connectivity index (χ4v) is 1.93. The topological polar surface area (TPSA) is 12.0 Å². The van der Waals surface area contributed by atoms with Crippen molar-refractivity contribution in [1.29, 1.82) is 0 Å². The summed E-state index contributed by atoms with van der Waals surface area (Å²) in [5.74, 6) is 1.82. The van der Waals surface area contributed by atoms with Gasteiger partial charge in [0.15, 0.2) is 0 Å². The molecule has 0 saturated heterocycles. The molecule has 0 aliphatic rings. The van der Waals surface area contributed by atoms with Gasteiger partial charge < -0.3 is 5.32 Å². The molecule has 0 aromatic carbocycles. The molecule has 0 fully saturated rings. The standard InChI is InChI=1S/C12H27N/c1-5-7-12(6-2)9-8-11(3)10-13-4/h11-13H,5-10H2,1-4H3. The summed E-state index contributed by atoms with van der Waals surface area (Å²) in [5, 5.41) is 3.24. The van der Waals surface area contributed by atoms with Crippen molar-refractivity contribution in [2.75, 3.05) is 13.6 Å². The first-order valence-corrected chi connectivity index (χ1v) is 5.89. The van der Waals surface area contributed by atoms with Gasteiger partial charge in [0.2, 0.25) is 0 Å². The molecule has 0 aliphatic heterocycles. The van der Waals surface area contributed by atoms with E-state index in [9.17, 15) is 0 Å². The van der Waals surface area contributed by atoms with Crippen LogP contribution in [0.1, 0.15) is 52.9 Å². The Morgan fingerprint density at radius 3 is 2.23 bits per heavy atom. The first-order chi connectivity index (χ1) is 6.24. The van der Waals surface area contributed by atoms with E-state index >= 15 is 0 Å². The fourth-order valence-electron chi connectivity index (χ4n) is 1.93. The Morgan fingerprint density at radius 1 is 1.08 bits per heavy atom. The largest absolute Gasteiger partial charge is 0.319 e. The molecule has 0 rings (SSSR count). The molecule has 1 nitrogen and oxygen atoms in total. The Bertz CT molecular complexity index is 101. The molecule has 2 unspecified atom stereocenters.